The summed E-state index contributed by atoms with van der Waals surface area (Å²) in [6.45, 7) is 5.87. The van der Waals surface area contributed by atoms with E-state index in [0.29, 0.717) is 28.3 Å². The molecule has 7 heteroatoms. The minimum absolute atomic E-state index is 0.117. The Kier molecular flexibility index (Phi) is 7.72. The molecule has 3 aromatic carbocycles. The van der Waals surface area contributed by atoms with Gasteiger partial charge in [0.25, 0.3) is 5.91 Å². The molecule has 0 aliphatic heterocycles. The van der Waals surface area contributed by atoms with Gasteiger partial charge in [-0.3, -0.25) is 4.79 Å². The smallest absolute Gasteiger partial charge is 0.255 e. The molecule has 2 N–H and O–H groups in total. The molecule has 1 atom stereocenters. The van der Waals surface area contributed by atoms with Crippen LogP contribution in [-0.4, -0.2) is 19.6 Å². The van der Waals surface area contributed by atoms with Crippen molar-refractivity contribution in [3.05, 3.63) is 99.6 Å². The number of amides is 1. The molecular weight excluding hydrogens is 444 g/mol. The summed E-state index contributed by atoms with van der Waals surface area (Å²) in [5, 5.41) is 2.53. The molecule has 0 aromatic heterocycles. The SMILES string of the molecule is Cc1ccc(CC(C)S(=O)(=O)NCc2ccc(NC(=O)c3ccccc3)c(Cl)c2)cc1C. The van der Waals surface area contributed by atoms with E-state index in [1.165, 1.54) is 5.56 Å². The van der Waals surface area contributed by atoms with Gasteiger partial charge in [-0.05, 0) is 73.7 Å². The molecule has 168 valence electrons. The molecule has 0 aliphatic carbocycles. The third kappa shape index (κ3) is 6.19. The second kappa shape index (κ2) is 10.3. The number of anilines is 1. The lowest BCUT2D eigenvalue weighted by atomic mass is 10.0. The Balaban J connectivity index is 1.61. The van der Waals surface area contributed by atoms with Gasteiger partial charge in [0.15, 0.2) is 0 Å². The number of benzene rings is 3. The van der Waals surface area contributed by atoms with Gasteiger partial charge in [-0.15, -0.1) is 0 Å². The van der Waals surface area contributed by atoms with Crippen LogP contribution in [0.15, 0.2) is 66.7 Å². The lowest BCUT2D eigenvalue weighted by molar-refractivity contribution is 0.102. The third-order valence-electron chi connectivity index (χ3n) is 5.42. The van der Waals surface area contributed by atoms with Gasteiger partial charge in [0, 0.05) is 12.1 Å². The Morgan fingerprint density at radius 2 is 1.62 bits per heavy atom. The fraction of sp³-hybridized carbons (Fsp3) is 0.240. The van der Waals surface area contributed by atoms with Crippen molar-refractivity contribution < 1.29 is 13.2 Å². The summed E-state index contributed by atoms with van der Waals surface area (Å²) in [4.78, 5) is 12.3. The summed E-state index contributed by atoms with van der Waals surface area (Å²) in [5.41, 5.74) is 5.02. The first-order valence-electron chi connectivity index (χ1n) is 10.3. The fourth-order valence-corrected chi connectivity index (χ4v) is 4.57. The van der Waals surface area contributed by atoms with Crippen LogP contribution in [0.25, 0.3) is 0 Å². The minimum atomic E-state index is -3.52. The summed E-state index contributed by atoms with van der Waals surface area (Å²) in [6.07, 6.45) is 0.432. The minimum Gasteiger partial charge on any atom is -0.321 e. The van der Waals surface area contributed by atoms with E-state index < -0.39 is 15.3 Å². The van der Waals surface area contributed by atoms with E-state index in [-0.39, 0.29) is 12.5 Å². The van der Waals surface area contributed by atoms with E-state index in [2.05, 4.69) is 10.0 Å². The van der Waals surface area contributed by atoms with Crippen molar-refractivity contribution in [1.82, 2.24) is 4.72 Å². The Labute approximate surface area is 194 Å². The van der Waals surface area contributed by atoms with Gasteiger partial charge >= 0.3 is 0 Å². The summed E-state index contributed by atoms with van der Waals surface area (Å²) < 4.78 is 28.1. The normalized spacial score (nSPS) is 12.4. The lowest BCUT2D eigenvalue weighted by Crippen LogP contribution is -2.33. The predicted molar refractivity (Wildman–Crippen MR) is 131 cm³/mol. The first-order chi connectivity index (χ1) is 15.2. The Hall–Kier alpha value is -2.67. The highest BCUT2D eigenvalue weighted by Crippen LogP contribution is 2.24. The number of sulfonamides is 1. The number of hydrogen-bond donors (Lipinski definition) is 2. The third-order valence-corrected chi connectivity index (χ3v) is 7.50. The van der Waals surface area contributed by atoms with E-state index in [1.807, 2.05) is 38.1 Å². The lowest BCUT2D eigenvalue weighted by Gasteiger charge is -2.15. The van der Waals surface area contributed by atoms with E-state index in [1.54, 1.807) is 49.4 Å². The molecule has 0 saturated heterocycles. The van der Waals surface area contributed by atoms with Crippen LogP contribution in [0.3, 0.4) is 0 Å². The maximum Gasteiger partial charge on any atom is 0.255 e. The molecule has 5 nitrogen and oxygen atoms in total. The maximum absolute atomic E-state index is 12.7. The number of nitrogens with one attached hydrogen (secondary N) is 2. The maximum atomic E-state index is 12.7. The van der Waals surface area contributed by atoms with Crippen molar-refractivity contribution in [2.24, 2.45) is 0 Å². The number of aryl methyl sites for hydroxylation is 2. The molecule has 0 heterocycles. The topological polar surface area (TPSA) is 75.3 Å². The molecule has 0 bridgehead atoms. The van der Waals surface area contributed by atoms with Crippen molar-refractivity contribution >= 4 is 33.2 Å². The van der Waals surface area contributed by atoms with Crippen molar-refractivity contribution in [3.63, 3.8) is 0 Å². The highest BCUT2D eigenvalue weighted by molar-refractivity contribution is 7.90. The number of rotatable bonds is 8. The van der Waals surface area contributed by atoms with Crippen LogP contribution in [0.1, 0.15) is 39.5 Å². The highest BCUT2D eigenvalue weighted by atomic mass is 35.5. The van der Waals surface area contributed by atoms with Crippen molar-refractivity contribution in [2.45, 2.75) is 39.0 Å². The van der Waals surface area contributed by atoms with Gasteiger partial charge in [-0.25, -0.2) is 13.1 Å². The van der Waals surface area contributed by atoms with Gasteiger partial charge in [-0.1, -0.05) is 54.1 Å². The molecule has 32 heavy (non-hydrogen) atoms. The molecule has 0 fully saturated rings. The summed E-state index contributed by atoms with van der Waals surface area (Å²) in [6, 6.07) is 19.9. The van der Waals surface area contributed by atoms with Crippen LogP contribution in [-0.2, 0) is 23.0 Å². The zero-order chi connectivity index (χ0) is 23.3. The van der Waals surface area contributed by atoms with Crippen LogP contribution in [0.5, 0.6) is 0 Å². The van der Waals surface area contributed by atoms with E-state index >= 15 is 0 Å². The molecule has 3 rings (SSSR count). The van der Waals surface area contributed by atoms with Crippen molar-refractivity contribution in [1.29, 1.82) is 0 Å². The summed E-state index contributed by atoms with van der Waals surface area (Å²) >= 11 is 6.32. The van der Waals surface area contributed by atoms with Crippen molar-refractivity contribution in [2.75, 3.05) is 5.32 Å². The molecule has 0 aliphatic rings. The standard InChI is InChI=1S/C25H27ClN2O3S/c1-17-9-10-20(13-18(17)2)14-19(3)32(30,31)27-16-21-11-12-24(23(26)15-21)28-25(29)22-7-5-4-6-8-22/h4-13,15,19,27H,14,16H2,1-3H3,(H,28,29). The second-order valence-electron chi connectivity index (χ2n) is 7.93. The largest absolute Gasteiger partial charge is 0.321 e. The number of halogens is 1. The van der Waals surface area contributed by atoms with Gasteiger partial charge in [0.2, 0.25) is 10.0 Å². The Bertz CT molecular complexity index is 1210. The Morgan fingerprint density at radius 1 is 0.938 bits per heavy atom. The van der Waals surface area contributed by atoms with Crippen LogP contribution in [0.4, 0.5) is 5.69 Å². The number of carbonyl (C=O) groups excluding carboxylic acids is 1. The zero-order valence-corrected chi connectivity index (χ0v) is 19.9. The van der Waals surface area contributed by atoms with Gasteiger partial charge in [0.1, 0.15) is 0 Å². The predicted octanol–water partition coefficient (Wildman–Crippen LogP) is 5.26. The average molecular weight is 471 g/mol. The highest BCUT2D eigenvalue weighted by Gasteiger charge is 2.21. The van der Waals surface area contributed by atoms with E-state index in [9.17, 15) is 13.2 Å². The fourth-order valence-electron chi connectivity index (χ4n) is 3.25. The molecule has 1 unspecified atom stereocenters. The van der Waals surface area contributed by atoms with Crippen LogP contribution < -0.4 is 10.0 Å². The zero-order valence-electron chi connectivity index (χ0n) is 18.4. The number of hydrogen-bond acceptors (Lipinski definition) is 3. The van der Waals surface area contributed by atoms with Crippen LogP contribution in [0.2, 0.25) is 5.02 Å². The first kappa shape index (κ1) is 24.0. The van der Waals surface area contributed by atoms with E-state index in [0.717, 1.165) is 11.1 Å². The molecule has 0 saturated carbocycles. The molecule has 3 aromatic rings. The van der Waals surface area contributed by atoms with Crippen LogP contribution in [0, 0.1) is 13.8 Å². The van der Waals surface area contributed by atoms with Gasteiger partial charge in [0.05, 0.1) is 16.0 Å². The van der Waals surface area contributed by atoms with Gasteiger partial charge in [-0.2, -0.15) is 0 Å². The Morgan fingerprint density at radius 3 is 2.28 bits per heavy atom. The molecule has 1 amide bonds. The molecular formula is C25H27ClN2O3S. The first-order valence-corrected chi connectivity index (χ1v) is 12.3. The monoisotopic (exact) mass is 470 g/mol. The van der Waals surface area contributed by atoms with Crippen molar-refractivity contribution in [3.8, 4) is 0 Å². The molecule has 0 spiro atoms. The summed E-state index contributed by atoms with van der Waals surface area (Å²) in [7, 11) is -3.52. The molecule has 0 radical (unpaired) electrons. The van der Waals surface area contributed by atoms with E-state index in [4.69, 9.17) is 11.6 Å². The average Bonchev–Trinajstić information content (AvgIpc) is 2.77. The van der Waals surface area contributed by atoms with Crippen LogP contribution >= 0.6 is 11.6 Å². The second-order valence-corrected chi connectivity index (χ2v) is 10.5. The number of carbonyl (C=O) groups is 1. The quantitative estimate of drug-likeness (QED) is 0.471. The summed E-state index contributed by atoms with van der Waals surface area (Å²) in [5.74, 6) is -0.263. The van der Waals surface area contributed by atoms with Gasteiger partial charge < -0.3 is 5.32 Å².